The van der Waals surface area contributed by atoms with Crippen molar-refractivity contribution in [2.45, 2.75) is 13.0 Å². The van der Waals surface area contributed by atoms with E-state index in [-0.39, 0.29) is 5.69 Å². The van der Waals surface area contributed by atoms with Gasteiger partial charge in [-0.25, -0.2) is 4.98 Å². The number of nitrogens with one attached hydrogen (secondary N) is 2. The molecule has 0 bridgehead atoms. The second-order valence-electron chi connectivity index (χ2n) is 4.11. The molecule has 2 rings (SSSR count). The summed E-state index contributed by atoms with van der Waals surface area (Å²) in [6.07, 6.45) is -0.507. The number of fused-ring (bicyclic) bond motifs is 1. The summed E-state index contributed by atoms with van der Waals surface area (Å²) in [5, 5.41) is 26.4. The highest BCUT2D eigenvalue weighted by Gasteiger charge is 2.11. The minimum Gasteiger partial charge on any atom is -0.392 e. The molecule has 0 aliphatic carbocycles. The Kier molecular flexibility index (Phi) is 4.42. The molecular weight excluding hydrogens is 300 g/mol. The summed E-state index contributed by atoms with van der Waals surface area (Å²) in [6, 6.07) is 4.49. The van der Waals surface area contributed by atoms with Crippen LogP contribution in [0, 0.1) is 10.1 Å². The molecule has 0 spiro atoms. The summed E-state index contributed by atoms with van der Waals surface area (Å²) < 4.78 is 0.708. The maximum Gasteiger partial charge on any atom is 0.270 e. The second-order valence-corrected chi connectivity index (χ2v) is 5.55. The molecule has 1 heterocycles. The smallest absolute Gasteiger partial charge is 0.270 e. The van der Waals surface area contributed by atoms with E-state index in [0.717, 1.165) is 0 Å². The molecule has 106 valence electrons. The number of nitrogens with zero attached hydrogens (tertiary/aromatic N) is 2. The number of aliphatic hydroxyl groups excluding tert-OH is 1. The van der Waals surface area contributed by atoms with Gasteiger partial charge in [0.1, 0.15) is 0 Å². The zero-order chi connectivity index (χ0) is 14.7. The van der Waals surface area contributed by atoms with E-state index < -0.39 is 11.0 Å². The third-order valence-corrected chi connectivity index (χ3v) is 3.54. The molecule has 20 heavy (non-hydrogen) atoms. The topological polar surface area (TPSA) is 100 Å². The molecular formula is C11H12N4O3S2. The predicted molar refractivity (Wildman–Crippen MR) is 82.2 cm³/mol. The highest BCUT2D eigenvalue weighted by atomic mass is 32.1. The van der Waals surface area contributed by atoms with Crippen LogP contribution < -0.4 is 10.6 Å². The normalized spacial score (nSPS) is 12.1. The molecule has 1 aromatic carbocycles. The molecule has 0 saturated carbocycles. The molecule has 9 heteroatoms. The van der Waals surface area contributed by atoms with Crippen LogP contribution in [0.25, 0.3) is 10.2 Å². The minimum absolute atomic E-state index is 0.0301. The maximum atomic E-state index is 10.7. The lowest BCUT2D eigenvalue weighted by Gasteiger charge is -2.09. The summed E-state index contributed by atoms with van der Waals surface area (Å²) >= 11 is 6.33. The van der Waals surface area contributed by atoms with Crippen LogP contribution in [0.5, 0.6) is 0 Å². The number of nitro benzene ring substituents is 1. The van der Waals surface area contributed by atoms with Crippen molar-refractivity contribution >= 4 is 49.7 Å². The van der Waals surface area contributed by atoms with Gasteiger partial charge in [-0.15, -0.1) is 0 Å². The van der Waals surface area contributed by atoms with Crippen LogP contribution in [0.4, 0.5) is 10.8 Å². The van der Waals surface area contributed by atoms with Crippen molar-refractivity contribution in [3.8, 4) is 0 Å². The average Bonchev–Trinajstić information content (AvgIpc) is 2.77. The van der Waals surface area contributed by atoms with Crippen LogP contribution >= 0.6 is 23.6 Å². The number of anilines is 1. The first-order chi connectivity index (χ1) is 9.45. The minimum atomic E-state index is -0.507. The molecule has 3 N–H and O–H groups in total. The molecule has 0 unspecified atom stereocenters. The number of non-ortho nitro benzene ring substituents is 1. The van der Waals surface area contributed by atoms with Gasteiger partial charge in [0.15, 0.2) is 10.2 Å². The fourth-order valence-electron chi connectivity index (χ4n) is 1.46. The summed E-state index contributed by atoms with van der Waals surface area (Å²) in [5.41, 5.74) is 0.698. The van der Waals surface area contributed by atoms with E-state index in [4.69, 9.17) is 17.3 Å². The Labute approximate surface area is 123 Å². The van der Waals surface area contributed by atoms with Gasteiger partial charge in [-0.3, -0.25) is 10.1 Å². The van der Waals surface area contributed by atoms with E-state index in [0.29, 0.717) is 27.0 Å². The molecule has 7 nitrogen and oxygen atoms in total. The van der Waals surface area contributed by atoms with Crippen molar-refractivity contribution < 1.29 is 10.0 Å². The van der Waals surface area contributed by atoms with Crippen LogP contribution in [0.1, 0.15) is 6.92 Å². The van der Waals surface area contributed by atoms with Crippen molar-refractivity contribution in [1.82, 2.24) is 10.3 Å². The van der Waals surface area contributed by atoms with Gasteiger partial charge in [-0.2, -0.15) is 0 Å². The standard InChI is InChI=1S/C11H12N4O3S2/c1-6(16)5-12-10(19)14-11-13-8-3-2-7(15(17)18)4-9(8)20-11/h2-4,6,16H,5H2,1H3,(H2,12,13,14,19)/t6-/m0/s1. The zero-order valence-electron chi connectivity index (χ0n) is 10.5. The number of thiazole rings is 1. The Morgan fingerprint density at radius 1 is 1.65 bits per heavy atom. The largest absolute Gasteiger partial charge is 0.392 e. The molecule has 0 fully saturated rings. The SMILES string of the molecule is C[C@H](O)CNC(=S)Nc1nc2ccc([N+](=O)[O-])cc2s1. The van der Waals surface area contributed by atoms with Crippen molar-refractivity contribution in [2.75, 3.05) is 11.9 Å². The van der Waals surface area contributed by atoms with Crippen LogP contribution in [0.3, 0.4) is 0 Å². The molecule has 1 atom stereocenters. The number of hydrogen-bond acceptors (Lipinski definition) is 6. The Hall–Kier alpha value is -1.84. The fourth-order valence-corrected chi connectivity index (χ4v) is 2.61. The summed E-state index contributed by atoms with van der Waals surface area (Å²) in [6.45, 7) is 1.98. The highest BCUT2D eigenvalue weighted by Crippen LogP contribution is 2.28. The summed E-state index contributed by atoms with van der Waals surface area (Å²) in [7, 11) is 0. The van der Waals surface area contributed by atoms with Crippen LogP contribution in [-0.4, -0.2) is 32.8 Å². The summed E-state index contributed by atoms with van der Waals surface area (Å²) in [4.78, 5) is 14.5. The monoisotopic (exact) mass is 312 g/mol. The van der Waals surface area contributed by atoms with Gasteiger partial charge in [0.25, 0.3) is 5.69 Å². The van der Waals surface area contributed by atoms with Gasteiger partial charge in [0.05, 0.1) is 21.2 Å². The first kappa shape index (κ1) is 14.6. The van der Waals surface area contributed by atoms with E-state index >= 15 is 0 Å². The quantitative estimate of drug-likeness (QED) is 0.450. The number of thiocarbonyl (C=S) groups is 1. The Balaban J connectivity index is 2.11. The Bertz CT molecular complexity index is 656. The van der Waals surface area contributed by atoms with Gasteiger partial charge in [-0.05, 0) is 25.2 Å². The van der Waals surface area contributed by atoms with Crippen molar-refractivity contribution in [3.63, 3.8) is 0 Å². The van der Waals surface area contributed by atoms with E-state index in [1.54, 1.807) is 13.0 Å². The molecule has 0 saturated heterocycles. The van der Waals surface area contributed by atoms with E-state index in [1.807, 2.05) is 0 Å². The Morgan fingerprint density at radius 3 is 3.05 bits per heavy atom. The lowest BCUT2D eigenvalue weighted by Crippen LogP contribution is -2.33. The van der Waals surface area contributed by atoms with Gasteiger partial charge < -0.3 is 15.7 Å². The fraction of sp³-hybridized carbons (Fsp3) is 0.273. The molecule has 1 aromatic heterocycles. The van der Waals surface area contributed by atoms with Crippen LogP contribution in [-0.2, 0) is 0 Å². The molecule has 2 aromatic rings. The average molecular weight is 312 g/mol. The molecule has 0 radical (unpaired) electrons. The lowest BCUT2D eigenvalue weighted by atomic mass is 10.3. The number of aliphatic hydroxyl groups is 1. The molecule has 0 amide bonds. The van der Waals surface area contributed by atoms with Crippen molar-refractivity contribution in [3.05, 3.63) is 28.3 Å². The van der Waals surface area contributed by atoms with E-state index in [1.165, 1.54) is 23.5 Å². The highest BCUT2D eigenvalue weighted by molar-refractivity contribution is 7.80. The van der Waals surface area contributed by atoms with Crippen molar-refractivity contribution in [1.29, 1.82) is 0 Å². The number of nitro groups is 1. The summed E-state index contributed by atoms with van der Waals surface area (Å²) in [5.74, 6) is 0. The number of benzene rings is 1. The van der Waals surface area contributed by atoms with Gasteiger partial charge in [-0.1, -0.05) is 11.3 Å². The number of rotatable bonds is 4. The first-order valence-corrected chi connectivity index (χ1v) is 6.96. The molecule has 0 aliphatic heterocycles. The number of hydrogen-bond donors (Lipinski definition) is 3. The second kappa shape index (κ2) is 6.07. The zero-order valence-corrected chi connectivity index (χ0v) is 12.1. The third-order valence-electron chi connectivity index (χ3n) is 2.36. The van der Waals surface area contributed by atoms with Gasteiger partial charge in [0, 0.05) is 18.7 Å². The lowest BCUT2D eigenvalue weighted by molar-refractivity contribution is -0.384. The van der Waals surface area contributed by atoms with Crippen molar-refractivity contribution in [2.24, 2.45) is 0 Å². The first-order valence-electron chi connectivity index (χ1n) is 5.73. The van der Waals surface area contributed by atoms with Crippen LogP contribution in [0.15, 0.2) is 18.2 Å². The van der Waals surface area contributed by atoms with Crippen LogP contribution in [0.2, 0.25) is 0 Å². The van der Waals surface area contributed by atoms with Gasteiger partial charge >= 0.3 is 0 Å². The van der Waals surface area contributed by atoms with Gasteiger partial charge in [0.2, 0.25) is 0 Å². The molecule has 0 aliphatic rings. The Morgan fingerprint density at radius 2 is 2.40 bits per heavy atom. The van der Waals surface area contributed by atoms with E-state index in [9.17, 15) is 10.1 Å². The predicted octanol–water partition coefficient (Wildman–Crippen LogP) is 1.87. The number of aromatic nitrogens is 1. The maximum absolute atomic E-state index is 10.7. The third kappa shape index (κ3) is 3.59. The van der Waals surface area contributed by atoms with E-state index in [2.05, 4.69) is 15.6 Å².